The van der Waals surface area contributed by atoms with Gasteiger partial charge in [-0.2, -0.15) is 5.26 Å². The van der Waals surface area contributed by atoms with Gasteiger partial charge >= 0.3 is 5.97 Å². The summed E-state index contributed by atoms with van der Waals surface area (Å²) in [5.41, 5.74) is 1.02. The zero-order valence-corrected chi connectivity index (χ0v) is 9.01. The molecule has 0 atom stereocenters. The van der Waals surface area contributed by atoms with Crippen molar-refractivity contribution in [1.29, 1.82) is 5.26 Å². The van der Waals surface area contributed by atoms with Gasteiger partial charge in [-0.3, -0.25) is 4.79 Å². The third-order valence-corrected chi connectivity index (χ3v) is 1.76. The highest BCUT2D eigenvalue weighted by Gasteiger charge is 1.97. The molecule has 0 aromatic carbocycles. The normalized spacial score (nSPS) is 10.0. The Morgan fingerprint density at radius 2 is 2.44 bits per heavy atom. The molecule has 16 heavy (non-hydrogen) atoms. The number of ether oxygens (including phenoxy) is 1. The molecule has 0 amide bonds. The molecule has 82 valence electrons. The average molecular weight is 216 g/mol. The van der Waals surface area contributed by atoms with Crippen LogP contribution in [-0.2, 0) is 9.53 Å². The van der Waals surface area contributed by atoms with Crippen molar-refractivity contribution in [2.24, 2.45) is 0 Å². The highest BCUT2D eigenvalue weighted by atomic mass is 16.5. The van der Waals surface area contributed by atoms with Gasteiger partial charge in [-0.15, -0.1) is 0 Å². The summed E-state index contributed by atoms with van der Waals surface area (Å²) in [6.45, 7) is 2.15. The molecule has 0 N–H and O–H groups in total. The first kappa shape index (κ1) is 11.9. The van der Waals surface area contributed by atoms with Gasteiger partial charge in [0.25, 0.3) is 0 Å². The smallest absolute Gasteiger partial charge is 0.309 e. The lowest BCUT2D eigenvalue weighted by atomic mass is 10.2. The minimum Gasteiger partial charge on any atom is -0.466 e. The van der Waals surface area contributed by atoms with Gasteiger partial charge in [0, 0.05) is 0 Å². The van der Waals surface area contributed by atoms with E-state index in [9.17, 15) is 4.79 Å². The molecule has 0 aliphatic rings. The average Bonchev–Trinajstić information content (AvgIpc) is 2.30. The van der Waals surface area contributed by atoms with Crippen molar-refractivity contribution < 1.29 is 9.53 Å². The minimum atomic E-state index is -0.268. The number of aromatic nitrogens is 1. The zero-order valence-electron chi connectivity index (χ0n) is 9.01. The fourth-order valence-corrected chi connectivity index (χ4v) is 1.10. The maximum Gasteiger partial charge on any atom is 0.309 e. The number of nitriles is 1. The predicted molar refractivity (Wildman–Crippen MR) is 59.2 cm³/mol. The number of hydrogen-bond donors (Lipinski definition) is 0. The van der Waals surface area contributed by atoms with E-state index in [2.05, 4.69) is 4.98 Å². The molecule has 1 heterocycles. The summed E-state index contributed by atoms with van der Waals surface area (Å²) in [6, 6.07) is 7.09. The number of carbonyl (C=O) groups excluding carboxylic acids is 1. The molecule has 0 radical (unpaired) electrons. The predicted octanol–water partition coefficient (Wildman–Crippen LogP) is 1.92. The summed E-state index contributed by atoms with van der Waals surface area (Å²) in [7, 11) is 0. The molecule has 0 spiro atoms. The van der Waals surface area contributed by atoms with Crippen molar-refractivity contribution in [3.8, 4) is 6.07 Å². The van der Waals surface area contributed by atoms with E-state index in [4.69, 9.17) is 10.00 Å². The summed E-state index contributed by atoms with van der Waals surface area (Å²) in [5, 5.41) is 8.63. The Kier molecular flexibility index (Phi) is 4.74. The second kappa shape index (κ2) is 6.36. The molecule has 4 nitrogen and oxygen atoms in total. The van der Waals surface area contributed by atoms with E-state index in [1.807, 2.05) is 6.07 Å². The standard InChI is InChI=1S/C12H12N2O2/c1-2-16-12(15)8-4-6-10-5-3-7-11(9-13)14-10/h3-7H,2,8H2,1H3. The lowest BCUT2D eigenvalue weighted by Gasteiger charge is -1.96. The number of nitrogens with zero attached hydrogens (tertiary/aromatic N) is 2. The van der Waals surface area contributed by atoms with Crippen LogP contribution in [0.4, 0.5) is 0 Å². The summed E-state index contributed by atoms with van der Waals surface area (Å²) >= 11 is 0. The Morgan fingerprint density at radius 1 is 1.62 bits per heavy atom. The Hall–Kier alpha value is -2.15. The highest BCUT2D eigenvalue weighted by Crippen LogP contribution is 2.01. The van der Waals surface area contributed by atoms with Crippen LogP contribution < -0.4 is 0 Å². The molecular weight excluding hydrogens is 204 g/mol. The second-order valence-corrected chi connectivity index (χ2v) is 2.97. The Labute approximate surface area is 94.2 Å². The van der Waals surface area contributed by atoms with E-state index in [1.54, 1.807) is 37.3 Å². The van der Waals surface area contributed by atoms with Crippen molar-refractivity contribution in [2.75, 3.05) is 6.61 Å². The van der Waals surface area contributed by atoms with Crippen LogP contribution in [0, 0.1) is 11.3 Å². The maximum absolute atomic E-state index is 11.0. The SMILES string of the molecule is CCOC(=O)CC=Cc1cccc(C#N)n1. The quantitative estimate of drug-likeness (QED) is 0.721. The number of carbonyl (C=O) groups is 1. The lowest BCUT2D eigenvalue weighted by Crippen LogP contribution is -2.01. The number of hydrogen-bond acceptors (Lipinski definition) is 4. The third-order valence-electron chi connectivity index (χ3n) is 1.76. The summed E-state index contributed by atoms with van der Waals surface area (Å²) in [5.74, 6) is -0.268. The third kappa shape index (κ3) is 3.93. The number of pyridine rings is 1. The fourth-order valence-electron chi connectivity index (χ4n) is 1.10. The second-order valence-electron chi connectivity index (χ2n) is 2.97. The van der Waals surface area contributed by atoms with E-state index in [-0.39, 0.29) is 12.4 Å². The van der Waals surface area contributed by atoms with Crippen LogP contribution in [0.25, 0.3) is 6.08 Å². The molecule has 1 rings (SSSR count). The monoisotopic (exact) mass is 216 g/mol. The number of esters is 1. The first-order valence-electron chi connectivity index (χ1n) is 4.95. The molecule has 0 aliphatic carbocycles. The largest absolute Gasteiger partial charge is 0.466 e. The van der Waals surface area contributed by atoms with Gasteiger partial charge in [0.15, 0.2) is 0 Å². The molecule has 0 bridgehead atoms. The van der Waals surface area contributed by atoms with Crippen LogP contribution in [0.15, 0.2) is 24.3 Å². The van der Waals surface area contributed by atoms with Crippen LogP contribution in [0.5, 0.6) is 0 Å². The first-order valence-corrected chi connectivity index (χ1v) is 4.95. The van der Waals surface area contributed by atoms with Crippen LogP contribution in [0.1, 0.15) is 24.7 Å². The van der Waals surface area contributed by atoms with Gasteiger partial charge in [-0.25, -0.2) is 4.98 Å². The van der Waals surface area contributed by atoms with Gasteiger partial charge in [0.05, 0.1) is 18.7 Å². The molecule has 1 aromatic rings. The topological polar surface area (TPSA) is 63.0 Å². The lowest BCUT2D eigenvalue weighted by molar-refractivity contribution is -0.142. The maximum atomic E-state index is 11.0. The van der Waals surface area contributed by atoms with Crippen LogP contribution >= 0.6 is 0 Å². The summed E-state index contributed by atoms with van der Waals surface area (Å²) in [4.78, 5) is 15.0. The Bertz CT molecular complexity index is 433. The van der Waals surface area contributed by atoms with Crippen molar-refractivity contribution in [3.05, 3.63) is 35.7 Å². The van der Waals surface area contributed by atoms with Crippen molar-refractivity contribution in [1.82, 2.24) is 4.98 Å². The van der Waals surface area contributed by atoms with Crippen LogP contribution in [-0.4, -0.2) is 17.6 Å². The number of rotatable bonds is 4. The van der Waals surface area contributed by atoms with E-state index in [0.29, 0.717) is 18.0 Å². The van der Waals surface area contributed by atoms with E-state index < -0.39 is 0 Å². The molecule has 0 saturated carbocycles. The van der Waals surface area contributed by atoms with Crippen molar-refractivity contribution in [3.63, 3.8) is 0 Å². The van der Waals surface area contributed by atoms with E-state index in [1.165, 1.54) is 0 Å². The van der Waals surface area contributed by atoms with Gasteiger partial charge in [-0.1, -0.05) is 12.1 Å². The van der Waals surface area contributed by atoms with Crippen molar-refractivity contribution >= 4 is 12.0 Å². The molecular formula is C12H12N2O2. The van der Waals surface area contributed by atoms with E-state index >= 15 is 0 Å². The molecule has 0 fully saturated rings. The van der Waals surface area contributed by atoms with E-state index in [0.717, 1.165) is 0 Å². The molecule has 4 heteroatoms. The van der Waals surface area contributed by atoms with Crippen molar-refractivity contribution in [2.45, 2.75) is 13.3 Å². The minimum absolute atomic E-state index is 0.215. The van der Waals surface area contributed by atoms with Gasteiger partial charge in [0.1, 0.15) is 11.8 Å². The highest BCUT2D eigenvalue weighted by molar-refractivity contribution is 5.72. The van der Waals surface area contributed by atoms with Crippen LogP contribution in [0.2, 0.25) is 0 Å². The summed E-state index contributed by atoms with van der Waals surface area (Å²) in [6.07, 6.45) is 3.57. The molecule has 0 saturated heterocycles. The van der Waals surface area contributed by atoms with Gasteiger partial charge < -0.3 is 4.74 Å². The Balaban J connectivity index is 2.56. The molecule has 1 aromatic heterocycles. The van der Waals surface area contributed by atoms with Crippen LogP contribution in [0.3, 0.4) is 0 Å². The Morgan fingerprint density at radius 3 is 3.12 bits per heavy atom. The van der Waals surface area contributed by atoms with Gasteiger partial charge in [0.2, 0.25) is 0 Å². The fraction of sp³-hybridized carbons (Fsp3) is 0.250. The molecule has 0 unspecified atom stereocenters. The molecule has 0 aliphatic heterocycles. The summed E-state index contributed by atoms with van der Waals surface area (Å²) < 4.78 is 4.76. The first-order chi connectivity index (χ1) is 7.76. The zero-order chi connectivity index (χ0) is 11.8. The van der Waals surface area contributed by atoms with Gasteiger partial charge in [-0.05, 0) is 25.1 Å².